The van der Waals surface area contributed by atoms with Crippen LogP contribution in [0.15, 0.2) is 30.3 Å². The first kappa shape index (κ1) is 12.7. The molecule has 4 nitrogen and oxygen atoms in total. The second-order valence-electron chi connectivity index (χ2n) is 3.79. The van der Waals surface area contributed by atoms with Crippen molar-refractivity contribution in [3.63, 3.8) is 0 Å². The van der Waals surface area contributed by atoms with Gasteiger partial charge in [-0.15, -0.1) is 5.10 Å². The molecular weight excluding hydrogens is 246 g/mol. The third-order valence-electron chi connectivity index (χ3n) is 2.78. The Hall–Kier alpha value is -1.75. The molecule has 0 aliphatic heterocycles. The molecule has 5 heteroatoms. The summed E-state index contributed by atoms with van der Waals surface area (Å²) in [4.78, 5) is 14.7. The molecular formula is C13H15N3OS. The molecule has 0 N–H and O–H groups in total. The number of hydrogen-bond donors (Lipinski definition) is 0. The highest BCUT2D eigenvalue weighted by Gasteiger charge is 2.21. The number of benzene rings is 1. The van der Waals surface area contributed by atoms with Gasteiger partial charge in [0.15, 0.2) is 0 Å². The molecule has 1 aromatic heterocycles. The van der Waals surface area contributed by atoms with Crippen LogP contribution in [0.1, 0.15) is 23.5 Å². The van der Waals surface area contributed by atoms with Crippen LogP contribution in [0.2, 0.25) is 0 Å². The summed E-state index contributed by atoms with van der Waals surface area (Å²) >= 11 is 1.16. The molecule has 94 valence electrons. The zero-order valence-electron chi connectivity index (χ0n) is 10.5. The molecule has 0 radical (unpaired) electrons. The fourth-order valence-electron chi connectivity index (χ4n) is 1.77. The lowest BCUT2D eigenvalue weighted by Crippen LogP contribution is -2.30. The molecule has 0 saturated carbocycles. The highest BCUT2D eigenvalue weighted by atomic mass is 32.1. The predicted octanol–water partition coefficient (Wildman–Crippen LogP) is 2.69. The molecule has 2 rings (SSSR count). The van der Waals surface area contributed by atoms with Crippen molar-refractivity contribution in [1.82, 2.24) is 14.5 Å². The van der Waals surface area contributed by atoms with E-state index >= 15 is 0 Å². The number of nitrogens with zero attached hydrogens (tertiary/aromatic N) is 3. The Morgan fingerprint density at radius 1 is 1.22 bits per heavy atom. The van der Waals surface area contributed by atoms with Crippen molar-refractivity contribution in [2.45, 2.75) is 13.8 Å². The van der Waals surface area contributed by atoms with E-state index in [2.05, 4.69) is 9.59 Å². The van der Waals surface area contributed by atoms with Crippen molar-refractivity contribution < 1.29 is 4.79 Å². The van der Waals surface area contributed by atoms with Crippen molar-refractivity contribution in [2.24, 2.45) is 0 Å². The molecule has 2 aromatic rings. The van der Waals surface area contributed by atoms with Crippen LogP contribution in [-0.4, -0.2) is 33.5 Å². The van der Waals surface area contributed by atoms with Gasteiger partial charge in [-0.25, -0.2) is 0 Å². The Morgan fingerprint density at radius 2 is 1.89 bits per heavy atom. The fourth-order valence-corrected chi connectivity index (χ4v) is 2.43. The highest BCUT2D eigenvalue weighted by molar-refractivity contribution is 7.08. The van der Waals surface area contributed by atoms with Gasteiger partial charge < -0.3 is 4.90 Å². The van der Waals surface area contributed by atoms with E-state index in [-0.39, 0.29) is 5.91 Å². The standard InChI is InChI=1S/C13H15N3OS/c1-3-16(4-2)13(17)12-11(14-15-18-12)10-8-6-5-7-9-10/h5-9H,3-4H2,1-2H3. The second kappa shape index (κ2) is 5.73. The summed E-state index contributed by atoms with van der Waals surface area (Å²) in [5.74, 6) is 0.00820. The maximum atomic E-state index is 12.3. The van der Waals surface area contributed by atoms with Crippen LogP contribution in [0.4, 0.5) is 0 Å². The number of aromatic nitrogens is 2. The number of hydrogen-bond acceptors (Lipinski definition) is 4. The Morgan fingerprint density at radius 3 is 2.50 bits per heavy atom. The summed E-state index contributed by atoms with van der Waals surface area (Å²) in [6, 6.07) is 9.68. The first-order valence-corrected chi connectivity index (χ1v) is 6.72. The van der Waals surface area contributed by atoms with Crippen LogP contribution in [-0.2, 0) is 0 Å². The van der Waals surface area contributed by atoms with E-state index in [4.69, 9.17) is 0 Å². The van der Waals surface area contributed by atoms with E-state index < -0.39 is 0 Å². The van der Waals surface area contributed by atoms with Gasteiger partial charge in [0.2, 0.25) is 0 Å². The Balaban J connectivity index is 2.37. The Labute approximate surface area is 110 Å². The summed E-state index contributed by atoms with van der Waals surface area (Å²) in [5.41, 5.74) is 1.61. The van der Waals surface area contributed by atoms with Gasteiger partial charge in [0.1, 0.15) is 10.6 Å². The van der Waals surface area contributed by atoms with Gasteiger partial charge in [0, 0.05) is 18.7 Å². The molecule has 1 heterocycles. The molecule has 0 saturated heterocycles. The number of carbonyl (C=O) groups is 1. The van der Waals surface area contributed by atoms with E-state index in [9.17, 15) is 4.79 Å². The highest BCUT2D eigenvalue weighted by Crippen LogP contribution is 2.24. The van der Waals surface area contributed by atoms with Crippen molar-refractivity contribution >= 4 is 17.4 Å². The van der Waals surface area contributed by atoms with Crippen LogP contribution in [0.3, 0.4) is 0 Å². The molecule has 0 aliphatic carbocycles. The second-order valence-corrected chi connectivity index (χ2v) is 4.55. The monoisotopic (exact) mass is 261 g/mol. The van der Waals surface area contributed by atoms with Crippen LogP contribution >= 0.6 is 11.5 Å². The van der Waals surface area contributed by atoms with Gasteiger partial charge >= 0.3 is 0 Å². The first-order valence-electron chi connectivity index (χ1n) is 5.95. The minimum Gasteiger partial charge on any atom is -0.338 e. The topological polar surface area (TPSA) is 46.1 Å². The van der Waals surface area contributed by atoms with Gasteiger partial charge in [-0.1, -0.05) is 34.8 Å². The van der Waals surface area contributed by atoms with E-state index in [1.165, 1.54) is 0 Å². The Kier molecular flexibility index (Phi) is 4.04. The predicted molar refractivity (Wildman–Crippen MR) is 72.6 cm³/mol. The van der Waals surface area contributed by atoms with E-state index in [1.807, 2.05) is 44.2 Å². The van der Waals surface area contributed by atoms with Crippen molar-refractivity contribution in [3.05, 3.63) is 35.2 Å². The van der Waals surface area contributed by atoms with E-state index in [0.29, 0.717) is 23.7 Å². The quantitative estimate of drug-likeness (QED) is 0.850. The van der Waals surface area contributed by atoms with Crippen molar-refractivity contribution in [1.29, 1.82) is 0 Å². The average molecular weight is 261 g/mol. The molecule has 0 bridgehead atoms. The summed E-state index contributed by atoms with van der Waals surface area (Å²) in [5, 5.41) is 4.08. The van der Waals surface area contributed by atoms with Gasteiger partial charge in [-0.2, -0.15) is 0 Å². The molecule has 1 aromatic carbocycles. The smallest absolute Gasteiger partial charge is 0.267 e. The SMILES string of the molecule is CCN(CC)C(=O)c1snnc1-c1ccccc1. The van der Waals surface area contributed by atoms with Crippen molar-refractivity contribution in [3.8, 4) is 11.3 Å². The third kappa shape index (κ3) is 2.41. The normalized spacial score (nSPS) is 10.3. The molecule has 0 aliphatic rings. The number of amides is 1. The molecule has 0 spiro atoms. The summed E-state index contributed by atoms with van der Waals surface area (Å²) in [7, 11) is 0. The lowest BCUT2D eigenvalue weighted by molar-refractivity contribution is 0.0778. The Bertz CT molecular complexity index is 520. The first-order chi connectivity index (χ1) is 8.77. The van der Waals surface area contributed by atoms with Gasteiger partial charge in [-0.05, 0) is 25.4 Å². The maximum absolute atomic E-state index is 12.3. The third-order valence-corrected chi connectivity index (χ3v) is 3.49. The molecule has 1 amide bonds. The molecule has 0 atom stereocenters. The van der Waals surface area contributed by atoms with Gasteiger partial charge in [0.05, 0.1) is 0 Å². The number of rotatable bonds is 4. The molecule has 18 heavy (non-hydrogen) atoms. The lowest BCUT2D eigenvalue weighted by Gasteiger charge is -2.17. The van der Waals surface area contributed by atoms with Gasteiger partial charge in [-0.3, -0.25) is 4.79 Å². The fraction of sp³-hybridized carbons (Fsp3) is 0.308. The minimum absolute atomic E-state index is 0.00820. The summed E-state index contributed by atoms with van der Waals surface area (Å²) in [6.45, 7) is 5.33. The lowest BCUT2D eigenvalue weighted by atomic mass is 10.1. The van der Waals surface area contributed by atoms with E-state index in [0.717, 1.165) is 17.1 Å². The summed E-state index contributed by atoms with van der Waals surface area (Å²) in [6.07, 6.45) is 0. The molecule has 0 fully saturated rings. The van der Waals surface area contributed by atoms with Crippen LogP contribution in [0.5, 0.6) is 0 Å². The van der Waals surface area contributed by atoms with Crippen LogP contribution in [0, 0.1) is 0 Å². The van der Waals surface area contributed by atoms with Crippen LogP contribution in [0.25, 0.3) is 11.3 Å². The van der Waals surface area contributed by atoms with Gasteiger partial charge in [0.25, 0.3) is 5.91 Å². The number of carbonyl (C=O) groups excluding carboxylic acids is 1. The minimum atomic E-state index is 0.00820. The van der Waals surface area contributed by atoms with E-state index in [1.54, 1.807) is 4.90 Å². The molecule has 0 unspecified atom stereocenters. The zero-order valence-corrected chi connectivity index (χ0v) is 11.3. The van der Waals surface area contributed by atoms with Crippen LogP contribution < -0.4 is 0 Å². The largest absolute Gasteiger partial charge is 0.338 e. The zero-order chi connectivity index (χ0) is 13.0. The maximum Gasteiger partial charge on any atom is 0.267 e. The summed E-state index contributed by atoms with van der Waals surface area (Å²) < 4.78 is 3.91. The van der Waals surface area contributed by atoms with Crippen molar-refractivity contribution in [2.75, 3.05) is 13.1 Å². The average Bonchev–Trinajstić information content (AvgIpc) is 2.90.